The van der Waals surface area contributed by atoms with E-state index < -0.39 is 12.2 Å². The second-order valence-electron chi connectivity index (χ2n) is 2.66. The van der Waals surface area contributed by atoms with Crippen LogP contribution < -0.4 is 5.73 Å². The van der Waals surface area contributed by atoms with Crippen LogP contribution in [-0.2, 0) is 0 Å². The lowest BCUT2D eigenvalue weighted by atomic mass is 10.1. The standard InChI is InChI=1S/C8H11BrN2O2/c9-7-3-5(1-2-11-7)8(13)6(12)4-10/h1-3,6,8,12-13H,4,10H2. The van der Waals surface area contributed by atoms with E-state index in [1.165, 1.54) is 0 Å². The largest absolute Gasteiger partial charge is 0.389 e. The molecule has 0 aliphatic carbocycles. The Morgan fingerprint density at radius 1 is 1.54 bits per heavy atom. The quantitative estimate of drug-likeness (QED) is 0.666. The Morgan fingerprint density at radius 2 is 2.23 bits per heavy atom. The second kappa shape index (κ2) is 4.66. The second-order valence-corrected chi connectivity index (χ2v) is 3.47. The molecule has 2 atom stereocenters. The summed E-state index contributed by atoms with van der Waals surface area (Å²) in [5, 5.41) is 18.8. The lowest BCUT2D eigenvalue weighted by molar-refractivity contribution is 0.0242. The zero-order valence-corrected chi connectivity index (χ0v) is 8.48. The van der Waals surface area contributed by atoms with E-state index in [4.69, 9.17) is 5.73 Å². The number of rotatable bonds is 3. The summed E-state index contributed by atoms with van der Waals surface area (Å²) < 4.78 is 0.619. The number of halogens is 1. The van der Waals surface area contributed by atoms with Gasteiger partial charge in [0.15, 0.2) is 0 Å². The lowest BCUT2D eigenvalue weighted by Crippen LogP contribution is -2.27. The van der Waals surface area contributed by atoms with Crippen molar-refractivity contribution in [2.24, 2.45) is 5.73 Å². The Morgan fingerprint density at radius 3 is 2.77 bits per heavy atom. The van der Waals surface area contributed by atoms with Gasteiger partial charge in [0, 0.05) is 12.7 Å². The number of nitrogens with zero attached hydrogens (tertiary/aromatic N) is 1. The molecule has 0 aromatic carbocycles. The highest BCUT2D eigenvalue weighted by Crippen LogP contribution is 2.18. The summed E-state index contributed by atoms with van der Waals surface area (Å²) in [6.07, 6.45) is -0.343. The first-order valence-corrected chi connectivity index (χ1v) is 4.62. The highest BCUT2D eigenvalue weighted by Gasteiger charge is 2.16. The van der Waals surface area contributed by atoms with Crippen LogP contribution in [-0.4, -0.2) is 27.8 Å². The molecular weight excluding hydrogens is 236 g/mol. The first-order valence-electron chi connectivity index (χ1n) is 3.83. The van der Waals surface area contributed by atoms with Gasteiger partial charge >= 0.3 is 0 Å². The average Bonchev–Trinajstić information content (AvgIpc) is 2.15. The van der Waals surface area contributed by atoms with Crippen LogP contribution in [0.1, 0.15) is 11.7 Å². The molecular formula is C8H11BrN2O2. The van der Waals surface area contributed by atoms with Crippen LogP contribution in [0.25, 0.3) is 0 Å². The maximum absolute atomic E-state index is 9.53. The van der Waals surface area contributed by atoms with Gasteiger partial charge in [-0.1, -0.05) is 0 Å². The Balaban J connectivity index is 2.82. The minimum Gasteiger partial charge on any atom is -0.389 e. The summed E-state index contributed by atoms with van der Waals surface area (Å²) in [5.74, 6) is 0. The Labute approximate surface area is 84.5 Å². The summed E-state index contributed by atoms with van der Waals surface area (Å²) in [7, 11) is 0. The van der Waals surface area contributed by atoms with Crippen LogP contribution in [0.2, 0.25) is 0 Å². The van der Waals surface area contributed by atoms with Crippen molar-refractivity contribution in [3.8, 4) is 0 Å². The Hall–Kier alpha value is -0.490. The molecule has 0 aliphatic rings. The number of aliphatic hydroxyl groups is 2. The van der Waals surface area contributed by atoms with Crippen molar-refractivity contribution in [1.82, 2.24) is 4.98 Å². The van der Waals surface area contributed by atoms with Crippen LogP contribution in [0, 0.1) is 0 Å². The Kier molecular flexibility index (Phi) is 3.80. The van der Waals surface area contributed by atoms with Gasteiger partial charge in [-0.25, -0.2) is 4.98 Å². The van der Waals surface area contributed by atoms with Crippen LogP contribution in [0.4, 0.5) is 0 Å². The van der Waals surface area contributed by atoms with Crippen LogP contribution in [0.3, 0.4) is 0 Å². The van der Waals surface area contributed by atoms with Gasteiger partial charge in [-0.05, 0) is 33.6 Å². The van der Waals surface area contributed by atoms with E-state index in [1.807, 2.05) is 0 Å². The molecule has 0 bridgehead atoms. The fraction of sp³-hybridized carbons (Fsp3) is 0.375. The van der Waals surface area contributed by atoms with Gasteiger partial charge < -0.3 is 15.9 Å². The number of hydrogen-bond donors (Lipinski definition) is 3. The van der Waals surface area contributed by atoms with Crippen molar-refractivity contribution in [2.45, 2.75) is 12.2 Å². The topological polar surface area (TPSA) is 79.4 Å². The van der Waals surface area contributed by atoms with Crippen molar-refractivity contribution < 1.29 is 10.2 Å². The molecule has 2 unspecified atom stereocenters. The number of nitrogens with two attached hydrogens (primary N) is 1. The molecule has 1 rings (SSSR count). The fourth-order valence-electron chi connectivity index (χ4n) is 0.952. The predicted octanol–water partition coefficient (Wildman–Crippen LogP) is 0.197. The van der Waals surface area contributed by atoms with Gasteiger partial charge in [0.1, 0.15) is 10.7 Å². The molecule has 4 nitrogen and oxygen atoms in total. The molecule has 0 fully saturated rings. The first kappa shape index (κ1) is 10.6. The molecule has 0 saturated heterocycles. The number of aliphatic hydroxyl groups excluding tert-OH is 2. The summed E-state index contributed by atoms with van der Waals surface area (Å²) in [6.45, 7) is 0.0289. The molecule has 0 amide bonds. The first-order chi connectivity index (χ1) is 6.15. The van der Waals surface area contributed by atoms with Gasteiger partial charge in [-0.3, -0.25) is 0 Å². The third kappa shape index (κ3) is 2.73. The summed E-state index contributed by atoms with van der Waals surface area (Å²) >= 11 is 3.17. The molecule has 72 valence electrons. The van der Waals surface area contributed by atoms with E-state index in [1.54, 1.807) is 18.3 Å². The van der Waals surface area contributed by atoms with Gasteiger partial charge in [0.2, 0.25) is 0 Å². The molecule has 0 aliphatic heterocycles. The Bertz CT molecular complexity index is 283. The SMILES string of the molecule is NCC(O)C(O)c1ccnc(Br)c1. The predicted molar refractivity (Wildman–Crippen MR) is 52.0 cm³/mol. The summed E-state index contributed by atoms with van der Waals surface area (Å²) in [5.41, 5.74) is 5.81. The van der Waals surface area contributed by atoms with Gasteiger partial charge in [0.25, 0.3) is 0 Å². The van der Waals surface area contributed by atoms with E-state index in [-0.39, 0.29) is 6.54 Å². The van der Waals surface area contributed by atoms with Gasteiger partial charge in [0.05, 0.1) is 6.10 Å². The normalized spacial score (nSPS) is 15.4. The molecule has 1 aromatic rings. The third-order valence-corrected chi connectivity index (χ3v) is 2.13. The lowest BCUT2D eigenvalue weighted by Gasteiger charge is -2.15. The molecule has 13 heavy (non-hydrogen) atoms. The van der Waals surface area contributed by atoms with Crippen molar-refractivity contribution >= 4 is 15.9 Å². The zero-order valence-electron chi connectivity index (χ0n) is 6.89. The zero-order chi connectivity index (χ0) is 9.84. The smallest absolute Gasteiger partial charge is 0.106 e. The van der Waals surface area contributed by atoms with E-state index in [9.17, 15) is 10.2 Å². The van der Waals surface area contributed by atoms with Gasteiger partial charge in [-0.2, -0.15) is 0 Å². The number of pyridine rings is 1. The maximum Gasteiger partial charge on any atom is 0.106 e. The van der Waals surface area contributed by atoms with Crippen molar-refractivity contribution in [3.05, 3.63) is 28.5 Å². The van der Waals surface area contributed by atoms with Crippen LogP contribution in [0.15, 0.2) is 22.9 Å². The number of aromatic nitrogens is 1. The van der Waals surface area contributed by atoms with E-state index in [0.717, 1.165) is 0 Å². The van der Waals surface area contributed by atoms with E-state index >= 15 is 0 Å². The number of hydrogen-bond acceptors (Lipinski definition) is 4. The molecule has 0 radical (unpaired) electrons. The van der Waals surface area contributed by atoms with Crippen molar-refractivity contribution in [1.29, 1.82) is 0 Å². The monoisotopic (exact) mass is 246 g/mol. The highest BCUT2D eigenvalue weighted by molar-refractivity contribution is 9.10. The van der Waals surface area contributed by atoms with E-state index in [0.29, 0.717) is 10.2 Å². The molecule has 5 heteroatoms. The van der Waals surface area contributed by atoms with Crippen LogP contribution >= 0.6 is 15.9 Å². The summed E-state index contributed by atoms with van der Waals surface area (Å²) in [6, 6.07) is 3.28. The molecule has 1 heterocycles. The minimum absolute atomic E-state index is 0.0289. The van der Waals surface area contributed by atoms with Crippen molar-refractivity contribution in [2.75, 3.05) is 6.54 Å². The van der Waals surface area contributed by atoms with Crippen molar-refractivity contribution in [3.63, 3.8) is 0 Å². The fourth-order valence-corrected chi connectivity index (χ4v) is 1.34. The maximum atomic E-state index is 9.53. The highest BCUT2D eigenvalue weighted by atomic mass is 79.9. The molecule has 0 saturated carbocycles. The van der Waals surface area contributed by atoms with E-state index in [2.05, 4.69) is 20.9 Å². The van der Waals surface area contributed by atoms with Crippen LogP contribution in [0.5, 0.6) is 0 Å². The molecule has 4 N–H and O–H groups in total. The minimum atomic E-state index is -0.954. The molecule has 0 spiro atoms. The van der Waals surface area contributed by atoms with Gasteiger partial charge in [-0.15, -0.1) is 0 Å². The summed E-state index contributed by atoms with van der Waals surface area (Å²) in [4.78, 5) is 3.90. The molecule has 1 aromatic heterocycles. The third-order valence-electron chi connectivity index (χ3n) is 1.70. The average molecular weight is 247 g/mol.